The molecule has 0 aromatic carbocycles. The Morgan fingerprint density at radius 1 is 1.50 bits per heavy atom. The van der Waals surface area contributed by atoms with Gasteiger partial charge in [0.25, 0.3) is 0 Å². The maximum atomic E-state index is 11.3. The van der Waals surface area contributed by atoms with Crippen LogP contribution in [0.1, 0.15) is 22.8 Å². The number of aromatic nitrogens is 1. The Bertz CT molecular complexity index is 529. The zero-order chi connectivity index (χ0) is 13.5. The van der Waals surface area contributed by atoms with E-state index in [9.17, 15) is 9.59 Å². The molecule has 0 radical (unpaired) electrons. The second-order valence-electron chi connectivity index (χ2n) is 3.12. The number of ether oxygens (including phenoxy) is 2. The van der Waals surface area contributed by atoms with Crippen molar-refractivity contribution in [2.75, 3.05) is 19.5 Å². The van der Waals surface area contributed by atoms with Gasteiger partial charge < -0.3 is 15.2 Å². The lowest BCUT2D eigenvalue weighted by atomic mass is 10.2. The maximum Gasteiger partial charge on any atom is 0.384 e. The van der Waals surface area contributed by atoms with Crippen LogP contribution >= 0.6 is 0 Å². The molecule has 1 aromatic heterocycles. The summed E-state index contributed by atoms with van der Waals surface area (Å²) in [7, 11) is 1.23. The van der Waals surface area contributed by atoms with E-state index >= 15 is 0 Å². The second-order valence-corrected chi connectivity index (χ2v) is 3.12. The average Bonchev–Trinajstić information content (AvgIpc) is 2.37. The van der Waals surface area contributed by atoms with E-state index in [-0.39, 0.29) is 18.0 Å². The van der Waals surface area contributed by atoms with E-state index in [1.54, 1.807) is 6.92 Å². The first kappa shape index (κ1) is 13.5. The van der Waals surface area contributed by atoms with Gasteiger partial charge in [-0.1, -0.05) is 5.92 Å². The van der Waals surface area contributed by atoms with Crippen LogP contribution in [-0.4, -0.2) is 30.6 Å². The van der Waals surface area contributed by atoms with Crippen LogP contribution in [0.4, 0.5) is 5.82 Å². The normalized spacial score (nSPS) is 9.00. The molecule has 0 atom stereocenters. The van der Waals surface area contributed by atoms with E-state index < -0.39 is 11.9 Å². The standard InChI is InChI=1S/C12H12N2O4/c1-3-18-10(15)5-4-8-6-9(12(16)17-2)11(13)14-7-8/h6-7H,3H2,1-2H3,(H2,13,14). The molecule has 1 heterocycles. The van der Waals surface area contributed by atoms with E-state index in [1.807, 2.05) is 0 Å². The number of pyridine rings is 1. The summed E-state index contributed by atoms with van der Waals surface area (Å²) in [6, 6.07) is 1.40. The van der Waals surface area contributed by atoms with Crippen LogP contribution in [0.25, 0.3) is 0 Å². The van der Waals surface area contributed by atoms with Crippen LogP contribution in [0.5, 0.6) is 0 Å². The van der Waals surface area contributed by atoms with Gasteiger partial charge in [-0.15, -0.1) is 0 Å². The number of methoxy groups -OCH3 is 1. The lowest BCUT2D eigenvalue weighted by Crippen LogP contribution is -2.07. The molecule has 1 rings (SSSR count). The predicted molar refractivity (Wildman–Crippen MR) is 63.5 cm³/mol. The summed E-state index contributed by atoms with van der Waals surface area (Å²) >= 11 is 0. The number of nitrogens with zero attached hydrogens (tertiary/aromatic N) is 1. The monoisotopic (exact) mass is 248 g/mol. The summed E-state index contributed by atoms with van der Waals surface area (Å²) < 4.78 is 9.17. The van der Waals surface area contributed by atoms with Gasteiger partial charge >= 0.3 is 11.9 Å². The van der Waals surface area contributed by atoms with Crippen molar-refractivity contribution in [2.24, 2.45) is 0 Å². The lowest BCUT2D eigenvalue weighted by molar-refractivity contribution is -0.136. The Morgan fingerprint density at radius 2 is 2.22 bits per heavy atom. The Balaban J connectivity index is 2.98. The topological polar surface area (TPSA) is 91.5 Å². The van der Waals surface area contributed by atoms with Gasteiger partial charge in [0.15, 0.2) is 0 Å². The highest BCUT2D eigenvalue weighted by molar-refractivity contribution is 5.94. The summed E-state index contributed by atoms with van der Waals surface area (Å²) in [5.74, 6) is 3.57. The summed E-state index contributed by atoms with van der Waals surface area (Å²) in [5, 5.41) is 0. The van der Waals surface area contributed by atoms with Gasteiger partial charge in [0, 0.05) is 17.7 Å². The number of hydrogen-bond acceptors (Lipinski definition) is 6. The summed E-state index contributed by atoms with van der Waals surface area (Å²) in [6.07, 6.45) is 1.36. The van der Waals surface area contributed by atoms with Gasteiger partial charge in [0.2, 0.25) is 0 Å². The van der Waals surface area contributed by atoms with Gasteiger partial charge in [0.05, 0.1) is 13.7 Å². The van der Waals surface area contributed by atoms with E-state index in [0.29, 0.717) is 5.56 Å². The van der Waals surface area contributed by atoms with Crippen LogP contribution in [-0.2, 0) is 14.3 Å². The molecule has 6 nitrogen and oxygen atoms in total. The minimum absolute atomic E-state index is 0.0449. The largest absolute Gasteiger partial charge is 0.465 e. The molecule has 0 saturated heterocycles. The number of nitrogen functional groups attached to an aromatic ring is 1. The lowest BCUT2D eigenvalue weighted by Gasteiger charge is -2.02. The average molecular weight is 248 g/mol. The number of rotatable bonds is 2. The minimum atomic E-state index is -0.644. The van der Waals surface area contributed by atoms with Crippen molar-refractivity contribution in [2.45, 2.75) is 6.92 Å². The Morgan fingerprint density at radius 3 is 2.83 bits per heavy atom. The SMILES string of the molecule is CCOC(=O)C#Cc1cnc(N)c(C(=O)OC)c1. The minimum Gasteiger partial charge on any atom is -0.465 e. The first-order valence-electron chi connectivity index (χ1n) is 5.11. The van der Waals surface area contributed by atoms with E-state index in [4.69, 9.17) is 5.73 Å². The van der Waals surface area contributed by atoms with Gasteiger partial charge in [-0.05, 0) is 13.0 Å². The van der Waals surface area contributed by atoms with Crippen LogP contribution in [0.3, 0.4) is 0 Å². The first-order chi connectivity index (χ1) is 8.58. The number of nitrogens with two attached hydrogens (primary N) is 1. The first-order valence-corrected chi connectivity index (χ1v) is 5.11. The Hall–Kier alpha value is -2.55. The number of hydrogen-bond donors (Lipinski definition) is 1. The number of anilines is 1. The zero-order valence-corrected chi connectivity index (χ0v) is 10.0. The molecule has 2 N–H and O–H groups in total. The number of carbonyl (C=O) groups is 2. The van der Waals surface area contributed by atoms with Gasteiger partial charge in [0.1, 0.15) is 11.4 Å². The maximum absolute atomic E-state index is 11.3. The molecule has 0 aliphatic rings. The van der Waals surface area contributed by atoms with Crippen molar-refractivity contribution in [3.8, 4) is 11.8 Å². The van der Waals surface area contributed by atoms with Crippen LogP contribution in [0, 0.1) is 11.8 Å². The molecule has 0 spiro atoms. The van der Waals surface area contributed by atoms with Gasteiger partial charge in [-0.25, -0.2) is 14.6 Å². The molecule has 18 heavy (non-hydrogen) atoms. The fourth-order valence-corrected chi connectivity index (χ4v) is 1.11. The summed E-state index contributed by atoms with van der Waals surface area (Å²) in [4.78, 5) is 26.2. The molecular weight excluding hydrogens is 236 g/mol. The molecule has 1 aromatic rings. The van der Waals surface area contributed by atoms with Crippen molar-refractivity contribution in [3.63, 3.8) is 0 Å². The van der Waals surface area contributed by atoms with Gasteiger partial charge in [-0.3, -0.25) is 0 Å². The fraction of sp³-hybridized carbons (Fsp3) is 0.250. The van der Waals surface area contributed by atoms with Crippen molar-refractivity contribution in [3.05, 3.63) is 23.4 Å². The van der Waals surface area contributed by atoms with Gasteiger partial charge in [-0.2, -0.15) is 0 Å². The fourth-order valence-electron chi connectivity index (χ4n) is 1.11. The van der Waals surface area contributed by atoms with E-state index in [2.05, 4.69) is 26.3 Å². The predicted octanol–water partition coefficient (Wildman–Crippen LogP) is 0.365. The molecule has 0 amide bonds. The van der Waals surface area contributed by atoms with Crippen molar-refractivity contribution < 1.29 is 19.1 Å². The molecule has 0 bridgehead atoms. The summed E-state index contributed by atoms with van der Waals surface area (Å²) in [5.41, 5.74) is 6.00. The van der Waals surface area contributed by atoms with Crippen molar-refractivity contribution >= 4 is 17.8 Å². The van der Waals surface area contributed by atoms with E-state index in [0.717, 1.165) is 0 Å². The second kappa shape index (κ2) is 6.25. The number of carbonyl (C=O) groups excluding carboxylic acids is 2. The highest BCUT2D eigenvalue weighted by Crippen LogP contribution is 2.11. The summed E-state index contributed by atoms with van der Waals surface area (Å²) in [6.45, 7) is 1.93. The quantitative estimate of drug-likeness (QED) is 0.600. The molecule has 0 aliphatic carbocycles. The molecule has 6 heteroatoms. The van der Waals surface area contributed by atoms with Crippen LogP contribution < -0.4 is 5.73 Å². The van der Waals surface area contributed by atoms with E-state index in [1.165, 1.54) is 19.4 Å². The van der Waals surface area contributed by atoms with Crippen molar-refractivity contribution in [1.29, 1.82) is 0 Å². The Labute approximate surface area is 104 Å². The molecule has 0 unspecified atom stereocenters. The van der Waals surface area contributed by atoms with Crippen LogP contribution in [0.15, 0.2) is 12.3 Å². The third kappa shape index (κ3) is 3.49. The third-order valence-corrected chi connectivity index (χ3v) is 1.91. The van der Waals surface area contributed by atoms with Crippen molar-refractivity contribution in [1.82, 2.24) is 4.98 Å². The molecular formula is C12H12N2O4. The zero-order valence-electron chi connectivity index (χ0n) is 10.0. The molecule has 0 fully saturated rings. The number of esters is 2. The highest BCUT2D eigenvalue weighted by Gasteiger charge is 2.11. The smallest absolute Gasteiger partial charge is 0.384 e. The molecule has 94 valence electrons. The molecule has 0 aliphatic heterocycles. The Kier molecular flexibility index (Phi) is 4.69. The highest BCUT2D eigenvalue weighted by atomic mass is 16.5. The molecule has 0 saturated carbocycles. The van der Waals surface area contributed by atoms with Crippen LogP contribution in [0.2, 0.25) is 0 Å². The third-order valence-electron chi connectivity index (χ3n) is 1.91.